The van der Waals surface area contributed by atoms with Crippen molar-refractivity contribution in [3.05, 3.63) is 57.4 Å². The van der Waals surface area contributed by atoms with Crippen LogP contribution in [-0.4, -0.2) is 10.9 Å². The standard InChI is InChI=1S/C23H32O2/c1-13-10-14(2)21(25)19(23(7,8)9)18(13)16-11-15(3)20(24)17(12-16)22(4,5)6/h10-12,19,25H,1-9H3. The highest BCUT2D eigenvalue weighted by atomic mass is 16.3. The van der Waals surface area contributed by atoms with E-state index >= 15 is 0 Å². The first-order valence-electron chi connectivity index (χ1n) is 9.03. The zero-order valence-corrected chi connectivity index (χ0v) is 17.2. The second kappa shape index (κ2) is 6.16. The molecule has 0 aromatic heterocycles. The lowest BCUT2D eigenvalue weighted by atomic mass is 9.67. The van der Waals surface area contributed by atoms with Gasteiger partial charge in [0.1, 0.15) is 5.76 Å². The maximum atomic E-state index is 12.6. The Morgan fingerprint density at radius 2 is 1.44 bits per heavy atom. The van der Waals surface area contributed by atoms with Crippen LogP contribution >= 0.6 is 0 Å². The fourth-order valence-corrected chi connectivity index (χ4v) is 3.79. The fourth-order valence-electron chi connectivity index (χ4n) is 3.79. The SMILES string of the molecule is CC1=CC(=C2C(C)=CC(C)=C(O)C2C(C)(C)C)C=C(C(C)(C)C)C1=O. The third-order valence-electron chi connectivity index (χ3n) is 5.08. The Kier molecular flexibility index (Phi) is 4.80. The van der Waals surface area contributed by atoms with Gasteiger partial charge in [-0.2, -0.15) is 0 Å². The van der Waals surface area contributed by atoms with Crippen LogP contribution in [0.1, 0.15) is 62.3 Å². The number of hydrogen-bond donors (Lipinski definition) is 1. The number of rotatable bonds is 0. The van der Waals surface area contributed by atoms with Gasteiger partial charge in [-0.3, -0.25) is 4.79 Å². The zero-order chi connectivity index (χ0) is 19.3. The van der Waals surface area contributed by atoms with Crippen LogP contribution in [0.2, 0.25) is 0 Å². The smallest absolute Gasteiger partial charge is 0.185 e. The average Bonchev–Trinajstić information content (AvgIpc) is 2.42. The Hall–Kier alpha value is -1.83. The highest BCUT2D eigenvalue weighted by Crippen LogP contribution is 2.46. The van der Waals surface area contributed by atoms with Crippen LogP contribution < -0.4 is 0 Å². The summed E-state index contributed by atoms with van der Waals surface area (Å²) in [6.07, 6.45) is 6.07. The van der Waals surface area contributed by atoms with Crippen molar-refractivity contribution in [3.63, 3.8) is 0 Å². The van der Waals surface area contributed by atoms with Gasteiger partial charge in [-0.25, -0.2) is 0 Å². The predicted molar refractivity (Wildman–Crippen MR) is 105 cm³/mol. The maximum Gasteiger partial charge on any atom is 0.185 e. The molecule has 0 amide bonds. The van der Waals surface area contributed by atoms with Crippen molar-refractivity contribution < 1.29 is 9.90 Å². The zero-order valence-electron chi connectivity index (χ0n) is 17.2. The van der Waals surface area contributed by atoms with E-state index in [1.807, 2.05) is 32.1 Å². The lowest BCUT2D eigenvalue weighted by Crippen LogP contribution is -2.29. The molecule has 0 spiro atoms. The number of carbonyl (C=O) groups excluding carboxylic acids is 1. The Balaban J connectivity index is 2.81. The molecule has 0 aliphatic heterocycles. The van der Waals surface area contributed by atoms with Gasteiger partial charge < -0.3 is 5.11 Å². The number of aliphatic hydroxyl groups excluding tert-OH is 1. The van der Waals surface area contributed by atoms with Crippen molar-refractivity contribution >= 4 is 5.78 Å². The first kappa shape index (κ1) is 19.5. The van der Waals surface area contributed by atoms with Crippen LogP contribution in [0.3, 0.4) is 0 Å². The molecule has 0 heterocycles. The molecule has 2 nitrogen and oxygen atoms in total. The summed E-state index contributed by atoms with van der Waals surface area (Å²) in [5.41, 5.74) is 5.53. The molecule has 0 aromatic carbocycles. The molecule has 0 saturated heterocycles. The number of carbonyl (C=O) groups is 1. The number of Topliss-reactive ketones (excluding diaryl/α,β-unsaturated/α-hetero) is 1. The molecule has 1 atom stereocenters. The molecule has 1 unspecified atom stereocenters. The van der Waals surface area contributed by atoms with E-state index in [0.29, 0.717) is 5.76 Å². The summed E-state index contributed by atoms with van der Waals surface area (Å²) in [5.74, 6) is 0.481. The molecule has 0 aromatic rings. The first-order valence-corrected chi connectivity index (χ1v) is 9.03. The Morgan fingerprint density at radius 3 is 1.92 bits per heavy atom. The Labute approximate surface area is 152 Å². The van der Waals surface area contributed by atoms with Crippen molar-refractivity contribution in [2.75, 3.05) is 0 Å². The number of aliphatic hydroxyl groups is 1. The molecule has 0 fully saturated rings. The molecule has 0 saturated carbocycles. The molecule has 1 N–H and O–H groups in total. The lowest BCUT2D eigenvalue weighted by Gasteiger charge is -2.37. The molecule has 25 heavy (non-hydrogen) atoms. The van der Waals surface area contributed by atoms with Crippen LogP contribution in [-0.2, 0) is 4.79 Å². The topological polar surface area (TPSA) is 37.3 Å². The van der Waals surface area contributed by atoms with Crippen LogP contribution in [0.4, 0.5) is 0 Å². The quantitative estimate of drug-likeness (QED) is 0.567. The van der Waals surface area contributed by atoms with Crippen molar-refractivity contribution in [2.24, 2.45) is 16.7 Å². The van der Waals surface area contributed by atoms with Crippen LogP contribution in [0, 0.1) is 16.7 Å². The summed E-state index contributed by atoms with van der Waals surface area (Å²) in [6.45, 7) is 18.6. The fraction of sp³-hybridized carbons (Fsp3) is 0.522. The highest BCUT2D eigenvalue weighted by Gasteiger charge is 2.37. The summed E-state index contributed by atoms with van der Waals surface area (Å²) in [4.78, 5) is 12.6. The van der Waals surface area contributed by atoms with E-state index in [-0.39, 0.29) is 22.5 Å². The van der Waals surface area contributed by atoms with Crippen molar-refractivity contribution in [1.29, 1.82) is 0 Å². The molecule has 2 rings (SSSR count). The summed E-state index contributed by atoms with van der Waals surface area (Å²) < 4.78 is 0. The minimum absolute atomic E-state index is 0.0813. The van der Waals surface area contributed by atoms with Crippen LogP contribution in [0.5, 0.6) is 0 Å². The normalized spacial score (nSPS) is 25.7. The van der Waals surface area contributed by atoms with Gasteiger partial charge in [-0.15, -0.1) is 0 Å². The van der Waals surface area contributed by atoms with E-state index in [0.717, 1.165) is 33.4 Å². The van der Waals surface area contributed by atoms with E-state index in [9.17, 15) is 9.90 Å². The largest absolute Gasteiger partial charge is 0.511 e. The molecule has 0 bridgehead atoms. The van der Waals surface area contributed by atoms with Crippen molar-refractivity contribution in [2.45, 2.75) is 62.3 Å². The third-order valence-corrected chi connectivity index (χ3v) is 5.08. The van der Waals surface area contributed by atoms with Gasteiger partial charge in [0.2, 0.25) is 0 Å². The average molecular weight is 341 g/mol. The summed E-state index contributed by atoms with van der Waals surface area (Å²) in [5, 5.41) is 10.8. The maximum absolute atomic E-state index is 12.6. The lowest BCUT2D eigenvalue weighted by molar-refractivity contribution is -0.113. The van der Waals surface area contributed by atoms with Gasteiger partial charge in [0, 0.05) is 11.5 Å². The molecule has 2 aliphatic carbocycles. The molecule has 2 aliphatic rings. The van der Waals surface area contributed by atoms with E-state index in [1.165, 1.54) is 0 Å². The molecular weight excluding hydrogens is 308 g/mol. The monoisotopic (exact) mass is 340 g/mol. The molecule has 136 valence electrons. The minimum Gasteiger partial charge on any atom is -0.511 e. The van der Waals surface area contributed by atoms with Crippen LogP contribution in [0.25, 0.3) is 0 Å². The summed E-state index contributed by atoms with van der Waals surface area (Å²) in [6, 6.07) is 0. The molecule has 0 radical (unpaired) electrons. The van der Waals surface area contributed by atoms with Crippen molar-refractivity contribution in [1.82, 2.24) is 0 Å². The van der Waals surface area contributed by atoms with E-state index in [1.54, 1.807) is 0 Å². The van der Waals surface area contributed by atoms with E-state index in [4.69, 9.17) is 0 Å². The van der Waals surface area contributed by atoms with Crippen LogP contribution in [0.15, 0.2) is 57.4 Å². The van der Waals surface area contributed by atoms with Gasteiger partial charge in [0.15, 0.2) is 5.78 Å². The third kappa shape index (κ3) is 3.58. The van der Waals surface area contributed by atoms with Gasteiger partial charge in [0.05, 0.1) is 0 Å². The van der Waals surface area contributed by atoms with E-state index in [2.05, 4.69) is 48.5 Å². The van der Waals surface area contributed by atoms with Gasteiger partial charge in [0.25, 0.3) is 0 Å². The summed E-state index contributed by atoms with van der Waals surface area (Å²) in [7, 11) is 0. The Morgan fingerprint density at radius 1 is 0.880 bits per heavy atom. The second-order valence-electron chi connectivity index (χ2n) is 9.53. The number of ketones is 1. The number of allylic oxidation sites excluding steroid dienone is 9. The first-order chi connectivity index (χ1) is 11.2. The van der Waals surface area contributed by atoms with E-state index < -0.39 is 0 Å². The van der Waals surface area contributed by atoms with Gasteiger partial charge >= 0.3 is 0 Å². The predicted octanol–water partition coefficient (Wildman–Crippen LogP) is 6.24. The summed E-state index contributed by atoms with van der Waals surface area (Å²) >= 11 is 0. The highest BCUT2D eigenvalue weighted by molar-refractivity contribution is 6.10. The molecular formula is C23H32O2. The Bertz CT molecular complexity index is 766. The molecule has 2 heteroatoms. The minimum atomic E-state index is -0.213. The second-order valence-corrected chi connectivity index (χ2v) is 9.53. The number of hydrogen-bond acceptors (Lipinski definition) is 2. The van der Waals surface area contributed by atoms with Gasteiger partial charge in [-0.05, 0) is 71.6 Å². The van der Waals surface area contributed by atoms with Gasteiger partial charge in [-0.1, -0.05) is 47.6 Å². The van der Waals surface area contributed by atoms with Crippen molar-refractivity contribution in [3.8, 4) is 0 Å².